The normalized spacial score (nSPS) is 13.8. The van der Waals surface area contributed by atoms with E-state index >= 15 is 0 Å². The Kier molecular flexibility index (Phi) is 7.23. The molecule has 0 fully saturated rings. The van der Waals surface area contributed by atoms with Gasteiger partial charge in [-0.1, -0.05) is 30.4 Å². The smallest absolute Gasteiger partial charge is 0.366 e. The quantitative estimate of drug-likeness (QED) is 0.363. The number of fused-ring (bicyclic) bond motifs is 1. The second kappa shape index (κ2) is 10.4. The number of carbonyl (C=O) groups is 2. The molecule has 2 aromatic carbocycles. The van der Waals surface area contributed by atoms with E-state index in [1.807, 2.05) is 12.1 Å². The van der Waals surface area contributed by atoms with Crippen LogP contribution in [0.25, 0.3) is 6.08 Å². The summed E-state index contributed by atoms with van der Waals surface area (Å²) < 4.78 is 66.6. The first-order valence-electron chi connectivity index (χ1n) is 11.2. The zero-order valence-electron chi connectivity index (χ0n) is 19.4. The van der Waals surface area contributed by atoms with Crippen LogP contribution in [0, 0.1) is 11.6 Å². The average molecular weight is 516 g/mol. The third-order valence-electron chi connectivity index (χ3n) is 5.71. The van der Waals surface area contributed by atoms with E-state index in [0.29, 0.717) is 18.7 Å². The lowest BCUT2D eigenvalue weighted by atomic mass is 10.1. The second-order valence-corrected chi connectivity index (χ2v) is 8.41. The number of pyridine rings is 1. The molecule has 4 rings (SSSR count). The number of aromatic nitrogens is 1. The van der Waals surface area contributed by atoms with Gasteiger partial charge >= 0.3 is 6.18 Å². The highest BCUT2D eigenvalue weighted by Crippen LogP contribution is 2.31. The largest absolute Gasteiger partial charge is 0.417 e. The molecular weight excluding hydrogens is 495 g/mol. The number of nitrogens with one attached hydrogen (secondary N) is 3. The van der Waals surface area contributed by atoms with Crippen LogP contribution in [0.4, 0.5) is 33.5 Å². The summed E-state index contributed by atoms with van der Waals surface area (Å²) in [7, 11) is 0. The van der Waals surface area contributed by atoms with Crippen molar-refractivity contribution >= 4 is 29.4 Å². The lowest BCUT2D eigenvalue weighted by molar-refractivity contribution is -0.137. The number of alkyl halides is 3. The SMILES string of the molecule is C[C@H](NC(=O)c1cc(C(F)(F)F)cnc1NCC=Cc1ccc2c(c1)NC(=O)C2)c1ccc(F)c(F)c1. The maximum atomic E-state index is 13.6. The van der Waals surface area contributed by atoms with Gasteiger partial charge in [-0.25, -0.2) is 13.8 Å². The number of halogens is 5. The van der Waals surface area contributed by atoms with Crippen molar-refractivity contribution in [3.8, 4) is 0 Å². The number of amides is 2. The fourth-order valence-electron chi connectivity index (χ4n) is 3.76. The second-order valence-electron chi connectivity index (χ2n) is 8.41. The number of hydrogen-bond acceptors (Lipinski definition) is 4. The molecule has 1 aliphatic heterocycles. The number of anilines is 2. The van der Waals surface area contributed by atoms with Crippen LogP contribution in [0.2, 0.25) is 0 Å². The Morgan fingerprint density at radius 3 is 2.65 bits per heavy atom. The van der Waals surface area contributed by atoms with Gasteiger partial charge in [0.25, 0.3) is 5.91 Å². The first-order chi connectivity index (χ1) is 17.5. The molecule has 2 amide bonds. The van der Waals surface area contributed by atoms with Gasteiger partial charge in [0.2, 0.25) is 5.91 Å². The molecule has 0 unspecified atom stereocenters. The molecule has 0 saturated carbocycles. The fourth-order valence-corrected chi connectivity index (χ4v) is 3.76. The third-order valence-corrected chi connectivity index (χ3v) is 5.71. The molecule has 37 heavy (non-hydrogen) atoms. The lowest BCUT2D eigenvalue weighted by Gasteiger charge is -2.17. The predicted octanol–water partition coefficient (Wildman–Crippen LogP) is 5.49. The van der Waals surface area contributed by atoms with Crippen LogP contribution >= 0.6 is 0 Å². The van der Waals surface area contributed by atoms with Crippen molar-refractivity contribution in [2.45, 2.75) is 25.6 Å². The van der Waals surface area contributed by atoms with Crippen molar-refractivity contribution in [2.24, 2.45) is 0 Å². The molecule has 1 aliphatic rings. The van der Waals surface area contributed by atoms with Crippen LogP contribution in [0.1, 0.15) is 45.6 Å². The van der Waals surface area contributed by atoms with E-state index in [9.17, 15) is 31.5 Å². The summed E-state index contributed by atoms with van der Waals surface area (Å²) in [6.07, 6.45) is -0.365. The van der Waals surface area contributed by atoms with Crippen molar-refractivity contribution in [3.63, 3.8) is 0 Å². The molecule has 0 radical (unpaired) electrons. The van der Waals surface area contributed by atoms with E-state index in [0.717, 1.165) is 28.9 Å². The number of benzene rings is 2. The minimum Gasteiger partial charge on any atom is -0.366 e. The van der Waals surface area contributed by atoms with Crippen LogP contribution in [-0.4, -0.2) is 23.3 Å². The number of nitrogens with zero attached hydrogens (tertiary/aromatic N) is 1. The van der Waals surface area contributed by atoms with Gasteiger partial charge < -0.3 is 16.0 Å². The first-order valence-corrected chi connectivity index (χ1v) is 11.2. The molecule has 192 valence electrons. The molecule has 1 atom stereocenters. The standard InChI is InChI=1S/C26H21F5N4O2/c1-14(16-6-7-20(27)21(28)10-16)34-25(37)19-12-18(26(29,30)31)13-33-24(19)32-8-2-3-15-4-5-17-11-23(36)35-22(17)9-15/h2-7,9-10,12-14H,8,11H2,1H3,(H,32,33)(H,34,37)(H,35,36)/t14-/m0/s1. The van der Waals surface area contributed by atoms with Crippen molar-refractivity contribution in [1.29, 1.82) is 0 Å². The average Bonchev–Trinajstić information content (AvgIpc) is 3.22. The molecule has 2 heterocycles. The summed E-state index contributed by atoms with van der Waals surface area (Å²) in [6, 6.07) is 8.36. The van der Waals surface area contributed by atoms with E-state index in [-0.39, 0.29) is 29.4 Å². The van der Waals surface area contributed by atoms with Crippen molar-refractivity contribution in [3.05, 3.63) is 94.2 Å². The minimum absolute atomic E-state index is 0.0872. The van der Waals surface area contributed by atoms with Gasteiger partial charge in [0.1, 0.15) is 5.82 Å². The summed E-state index contributed by atoms with van der Waals surface area (Å²) in [6.45, 7) is 1.61. The Bertz CT molecular complexity index is 1390. The highest BCUT2D eigenvalue weighted by Gasteiger charge is 2.32. The van der Waals surface area contributed by atoms with Gasteiger partial charge in [-0.3, -0.25) is 9.59 Å². The van der Waals surface area contributed by atoms with Crippen molar-refractivity contribution in [1.82, 2.24) is 10.3 Å². The molecule has 0 bridgehead atoms. The van der Waals surface area contributed by atoms with E-state index < -0.39 is 35.3 Å². The highest BCUT2D eigenvalue weighted by atomic mass is 19.4. The molecule has 1 aromatic heterocycles. The van der Waals surface area contributed by atoms with E-state index in [1.54, 1.807) is 18.2 Å². The van der Waals surface area contributed by atoms with Gasteiger partial charge in [0.05, 0.1) is 23.6 Å². The number of rotatable bonds is 7. The summed E-state index contributed by atoms with van der Waals surface area (Å²) in [5, 5.41) is 8.07. The maximum absolute atomic E-state index is 13.6. The van der Waals surface area contributed by atoms with Gasteiger partial charge in [0.15, 0.2) is 11.6 Å². The number of carbonyl (C=O) groups excluding carboxylic acids is 2. The molecule has 0 aliphatic carbocycles. The molecule has 3 aromatic rings. The first kappa shape index (κ1) is 25.8. The summed E-state index contributed by atoms with van der Waals surface area (Å²) in [4.78, 5) is 28.2. The van der Waals surface area contributed by atoms with Crippen molar-refractivity contribution in [2.75, 3.05) is 17.2 Å². The van der Waals surface area contributed by atoms with Crippen LogP contribution < -0.4 is 16.0 Å². The Morgan fingerprint density at radius 2 is 1.92 bits per heavy atom. The lowest BCUT2D eigenvalue weighted by Crippen LogP contribution is -2.28. The highest BCUT2D eigenvalue weighted by molar-refractivity contribution is 6.00. The summed E-state index contributed by atoms with van der Waals surface area (Å²) in [5.41, 5.74) is 1.16. The Morgan fingerprint density at radius 1 is 1.14 bits per heavy atom. The molecule has 0 saturated heterocycles. The van der Waals surface area contributed by atoms with Gasteiger partial charge in [0, 0.05) is 18.4 Å². The Balaban J connectivity index is 1.49. The molecule has 6 nitrogen and oxygen atoms in total. The fraction of sp³-hybridized carbons (Fsp3) is 0.192. The summed E-state index contributed by atoms with van der Waals surface area (Å²) >= 11 is 0. The van der Waals surface area contributed by atoms with Gasteiger partial charge in [-0.2, -0.15) is 13.2 Å². The number of hydrogen-bond donors (Lipinski definition) is 3. The third kappa shape index (κ3) is 6.11. The molecule has 11 heteroatoms. The van der Waals surface area contributed by atoms with Crippen LogP contribution in [0.15, 0.2) is 54.7 Å². The Labute approximate surface area is 208 Å². The molecule has 0 spiro atoms. The van der Waals surface area contributed by atoms with Gasteiger partial charge in [-0.15, -0.1) is 0 Å². The Hall–Kier alpha value is -4.28. The zero-order valence-corrected chi connectivity index (χ0v) is 19.4. The maximum Gasteiger partial charge on any atom is 0.417 e. The summed E-state index contributed by atoms with van der Waals surface area (Å²) in [5.74, 6) is -3.23. The van der Waals surface area contributed by atoms with Gasteiger partial charge in [-0.05, 0) is 47.9 Å². The van der Waals surface area contributed by atoms with E-state index in [4.69, 9.17) is 0 Å². The topological polar surface area (TPSA) is 83.1 Å². The monoisotopic (exact) mass is 516 g/mol. The molecule has 3 N–H and O–H groups in total. The van der Waals surface area contributed by atoms with Crippen molar-refractivity contribution < 1.29 is 31.5 Å². The zero-order chi connectivity index (χ0) is 26.7. The van der Waals surface area contributed by atoms with E-state index in [1.165, 1.54) is 13.0 Å². The van der Waals surface area contributed by atoms with Crippen LogP contribution in [-0.2, 0) is 17.4 Å². The molecular formula is C26H21F5N4O2. The predicted molar refractivity (Wildman–Crippen MR) is 128 cm³/mol. The van der Waals surface area contributed by atoms with E-state index in [2.05, 4.69) is 20.9 Å². The van der Waals surface area contributed by atoms with Crippen LogP contribution in [0.5, 0.6) is 0 Å². The van der Waals surface area contributed by atoms with Crippen LogP contribution in [0.3, 0.4) is 0 Å². The minimum atomic E-state index is -4.73.